The van der Waals surface area contributed by atoms with E-state index in [9.17, 15) is 69.9 Å². The molecule has 0 spiro atoms. The summed E-state index contributed by atoms with van der Waals surface area (Å²) < 4.78 is 208. The molecular weight excluding hydrogens is 490 g/mol. The van der Waals surface area contributed by atoms with Gasteiger partial charge in [0.1, 0.15) is 0 Å². The normalized spacial score (nSPS) is 15.7. The van der Waals surface area contributed by atoms with Crippen LogP contribution in [0.2, 0.25) is 0 Å². The average molecular weight is 502 g/mol. The molecule has 18 heteroatoms. The summed E-state index contributed by atoms with van der Waals surface area (Å²) in [5.41, 5.74) is -12.6. The second kappa shape index (κ2) is 8.46. The van der Waals surface area contributed by atoms with Crippen molar-refractivity contribution in [2.75, 3.05) is 5.75 Å². The van der Waals surface area contributed by atoms with Gasteiger partial charge in [0.25, 0.3) is 21.5 Å². The molecule has 0 aromatic carbocycles. The fourth-order valence-electron chi connectivity index (χ4n) is 2.41. The molecule has 0 saturated heterocycles. The molecule has 0 aliphatic rings. The number of halogens is 14. The van der Waals surface area contributed by atoms with Gasteiger partial charge in [-0.1, -0.05) is 0 Å². The summed E-state index contributed by atoms with van der Waals surface area (Å²) in [4.78, 5) is 0. The van der Waals surface area contributed by atoms with Gasteiger partial charge in [-0.05, 0) is 18.8 Å². The summed E-state index contributed by atoms with van der Waals surface area (Å²) in [6.45, 7) is 0. The minimum atomic E-state index is -6.86. The van der Waals surface area contributed by atoms with Crippen molar-refractivity contribution in [3.63, 3.8) is 0 Å². The minimum absolute atomic E-state index is 1.29. The van der Waals surface area contributed by atoms with Crippen LogP contribution in [0.3, 0.4) is 0 Å². The van der Waals surface area contributed by atoms with E-state index >= 15 is 0 Å². The van der Waals surface area contributed by atoms with Crippen LogP contribution >= 0.6 is 0 Å². The van der Waals surface area contributed by atoms with Gasteiger partial charge in [-0.3, -0.25) is 4.55 Å². The smallest absolute Gasteiger partial charge is 0.286 e. The molecule has 3 nitrogen and oxygen atoms in total. The van der Waals surface area contributed by atoms with E-state index in [4.69, 9.17) is 4.55 Å². The minimum Gasteiger partial charge on any atom is -0.286 e. The maximum absolute atomic E-state index is 13.8. The van der Waals surface area contributed by atoms with Gasteiger partial charge in [-0.2, -0.15) is 61.1 Å². The molecule has 0 saturated carbocycles. The maximum Gasteiger partial charge on any atom is 0.431 e. The highest BCUT2D eigenvalue weighted by Gasteiger charge is 2.75. The van der Waals surface area contributed by atoms with Crippen LogP contribution in [0.15, 0.2) is 0 Å². The van der Waals surface area contributed by atoms with Crippen LogP contribution in [0.25, 0.3) is 0 Å². The van der Waals surface area contributed by atoms with Crippen LogP contribution in [-0.4, -0.2) is 54.8 Å². The van der Waals surface area contributed by atoms with Gasteiger partial charge in [-0.15, -0.1) is 0 Å². The van der Waals surface area contributed by atoms with Crippen molar-refractivity contribution < 1.29 is 74.4 Å². The number of hydrogen-bond acceptors (Lipinski definition) is 2. The second-order valence-corrected chi connectivity index (χ2v) is 7.87. The molecule has 30 heavy (non-hydrogen) atoms. The van der Waals surface area contributed by atoms with Gasteiger partial charge in [0.05, 0.1) is 5.75 Å². The fraction of sp³-hybridized carbons (Fsp3) is 1.00. The quantitative estimate of drug-likeness (QED) is 0.342. The number of rotatable bonds is 8. The van der Waals surface area contributed by atoms with Crippen LogP contribution in [0, 0.1) is 5.92 Å². The van der Waals surface area contributed by atoms with Crippen LogP contribution in [0.4, 0.5) is 61.5 Å². The molecular formula is C12H12F14O3S. The lowest BCUT2D eigenvalue weighted by atomic mass is 9.80. The summed E-state index contributed by atoms with van der Waals surface area (Å²) in [7, 11) is -5.00. The maximum atomic E-state index is 13.8. The van der Waals surface area contributed by atoms with Crippen molar-refractivity contribution in [1.82, 2.24) is 0 Å². The van der Waals surface area contributed by atoms with Crippen molar-refractivity contribution in [2.24, 2.45) is 5.92 Å². The van der Waals surface area contributed by atoms with E-state index in [1.807, 2.05) is 0 Å². The van der Waals surface area contributed by atoms with Gasteiger partial charge in [-0.25, -0.2) is 8.78 Å². The zero-order valence-corrected chi connectivity index (χ0v) is 14.9. The van der Waals surface area contributed by atoms with E-state index in [0.717, 1.165) is 0 Å². The molecule has 0 heterocycles. The van der Waals surface area contributed by atoms with E-state index in [-0.39, 0.29) is 0 Å². The van der Waals surface area contributed by atoms with Crippen LogP contribution in [0.1, 0.15) is 25.7 Å². The molecule has 0 fully saturated rings. The van der Waals surface area contributed by atoms with Crippen molar-refractivity contribution in [2.45, 2.75) is 61.7 Å². The first-order valence-corrected chi connectivity index (χ1v) is 8.99. The summed E-state index contributed by atoms with van der Waals surface area (Å²) in [6.07, 6.45) is -36.6. The third kappa shape index (κ3) is 6.71. The SMILES string of the molecule is O=S(=O)(O)CCCC(CC(F)(C(F)(F)F)C(F)(F)F)CC(F)(C(F)(F)F)C(F)(F)F. The van der Waals surface area contributed by atoms with Crippen molar-refractivity contribution in [1.29, 1.82) is 0 Å². The van der Waals surface area contributed by atoms with E-state index in [1.165, 1.54) is 0 Å². The highest BCUT2D eigenvalue weighted by Crippen LogP contribution is 2.54. The van der Waals surface area contributed by atoms with Crippen LogP contribution in [0.5, 0.6) is 0 Å². The average Bonchev–Trinajstić information content (AvgIpc) is 2.40. The fourth-order valence-corrected chi connectivity index (χ4v) is 2.94. The Morgan fingerprint density at radius 3 is 1.07 bits per heavy atom. The largest absolute Gasteiger partial charge is 0.431 e. The third-order valence-electron chi connectivity index (χ3n) is 3.95. The van der Waals surface area contributed by atoms with E-state index in [1.54, 1.807) is 0 Å². The molecule has 0 amide bonds. The Morgan fingerprint density at radius 1 is 0.600 bits per heavy atom. The van der Waals surface area contributed by atoms with Gasteiger partial charge in [0, 0.05) is 12.8 Å². The molecule has 1 N–H and O–H groups in total. The van der Waals surface area contributed by atoms with Crippen LogP contribution < -0.4 is 0 Å². The van der Waals surface area contributed by atoms with Crippen molar-refractivity contribution in [3.8, 4) is 0 Å². The lowest BCUT2D eigenvalue weighted by Crippen LogP contribution is -2.57. The predicted octanol–water partition coefficient (Wildman–Crippen LogP) is 5.72. The highest BCUT2D eigenvalue weighted by molar-refractivity contribution is 7.85. The Kier molecular flexibility index (Phi) is 8.16. The lowest BCUT2D eigenvalue weighted by molar-refractivity contribution is -0.356. The standard InChI is InChI=1S/C12H12F14O3S/c13-7(9(15,16)17,10(18,19)20)4-6(2-1-3-30(27,28)29)5-8(14,11(21,22)23)12(24,25)26/h6H,1-5H2,(H,27,28,29). The lowest BCUT2D eigenvalue weighted by Gasteiger charge is -2.37. The molecule has 182 valence electrons. The van der Waals surface area contributed by atoms with Crippen molar-refractivity contribution in [3.05, 3.63) is 0 Å². The van der Waals surface area contributed by atoms with Gasteiger partial charge in [0.2, 0.25) is 0 Å². The van der Waals surface area contributed by atoms with Crippen molar-refractivity contribution >= 4 is 10.1 Å². The van der Waals surface area contributed by atoms with Gasteiger partial charge in [0.15, 0.2) is 0 Å². The molecule has 0 aromatic rings. The Bertz CT molecular complexity index is 604. The van der Waals surface area contributed by atoms with E-state index < -0.39 is 83.5 Å². The second-order valence-electron chi connectivity index (χ2n) is 6.30. The van der Waals surface area contributed by atoms with E-state index in [2.05, 4.69) is 0 Å². The Hall–Kier alpha value is -1.07. The number of hydrogen-bond donors (Lipinski definition) is 1. The monoisotopic (exact) mass is 502 g/mol. The summed E-state index contributed by atoms with van der Waals surface area (Å²) >= 11 is 0. The summed E-state index contributed by atoms with van der Waals surface area (Å²) in [5.74, 6) is -4.76. The predicted molar refractivity (Wildman–Crippen MR) is 70.3 cm³/mol. The zero-order chi connectivity index (χ0) is 24.6. The molecule has 0 unspecified atom stereocenters. The zero-order valence-electron chi connectivity index (χ0n) is 14.1. The Balaban J connectivity index is 6.22. The first-order valence-electron chi connectivity index (χ1n) is 7.38. The Morgan fingerprint density at radius 2 is 0.867 bits per heavy atom. The molecule has 0 atom stereocenters. The molecule has 0 bridgehead atoms. The topological polar surface area (TPSA) is 54.4 Å². The van der Waals surface area contributed by atoms with E-state index in [0.29, 0.717) is 0 Å². The first-order chi connectivity index (χ1) is 12.8. The molecule has 0 radical (unpaired) electrons. The highest BCUT2D eigenvalue weighted by atomic mass is 32.2. The molecule has 0 rings (SSSR count). The molecule has 0 aliphatic carbocycles. The Labute approximate surface area is 159 Å². The summed E-state index contributed by atoms with van der Waals surface area (Å²) in [5, 5.41) is 0. The van der Waals surface area contributed by atoms with Gasteiger partial charge >= 0.3 is 24.7 Å². The van der Waals surface area contributed by atoms with Crippen LogP contribution in [-0.2, 0) is 10.1 Å². The number of alkyl halides is 14. The third-order valence-corrected chi connectivity index (χ3v) is 4.76. The molecule has 0 aliphatic heterocycles. The molecule has 0 aromatic heterocycles. The van der Waals surface area contributed by atoms with Gasteiger partial charge < -0.3 is 0 Å². The summed E-state index contributed by atoms with van der Waals surface area (Å²) in [6, 6.07) is 0. The first kappa shape index (κ1) is 28.9.